The van der Waals surface area contributed by atoms with E-state index in [0.29, 0.717) is 5.75 Å². The van der Waals surface area contributed by atoms with Gasteiger partial charge in [-0.1, -0.05) is 18.2 Å². The first-order chi connectivity index (χ1) is 11.0. The summed E-state index contributed by atoms with van der Waals surface area (Å²) >= 11 is 3.16. The Morgan fingerprint density at radius 2 is 1.87 bits per heavy atom. The number of methoxy groups -OCH3 is 2. The first-order valence-electron chi connectivity index (χ1n) is 6.60. The number of hydrogen-bond acceptors (Lipinski definition) is 4. The third-order valence-electron chi connectivity index (χ3n) is 3.18. The molecule has 120 valence electrons. The summed E-state index contributed by atoms with van der Waals surface area (Å²) in [5, 5.41) is 10.2. The number of carbonyl (C=O) groups excluding carboxylic acids is 1. The number of ketones is 1. The molecule has 0 aliphatic heterocycles. The van der Waals surface area contributed by atoms with Crippen molar-refractivity contribution in [2.24, 2.45) is 0 Å². The van der Waals surface area contributed by atoms with E-state index in [1.54, 1.807) is 18.2 Å². The lowest BCUT2D eigenvalue weighted by atomic mass is 10.1. The highest BCUT2D eigenvalue weighted by molar-refractivity contribution is 9.10. The standard InChI is InChI=1S/C17H14BrFO4/c1-22-13-9-14(23-2)16(18)17(21)15(13)12(20)8-7-10-5-3-4-6-11(10)19/h3-9,21H,1-2H3/b8-7+. The molecule has 23 heavy (non-hydrogen) atoms. The molecule has 0 saturated heterocycles. The van der Waals surface area contributed by atoms with Crippen molar-refractivity contribution in [1.29, 1.82) is 0 Å². The van der Waals surface area contributed by atoms with Crippen molar-refractivity contribution in [3.63, 3.8) is 0 Å². The fraction of sp³-hybridized carbons (Fsp3) is 0.118. The van der Waals surface area contributed by atoms with E-state index in [1.165, 1.54) is 38.5 Å². The molecule has 2 aromatic carbocycles. The van der Waals surface area contributed by atoms with Gasteiger partial charge in [0.1, 0.15) is 33.1 Å². The number of ether oxygens (including phenoxy) is 2. The zero-order valence-corrected chi connectivity index (χ0v) is 14.1. The van der Waals surface area contributed by atoms with Gasteiger partial charge in [0.2, 0.25) is 0 Å². The fourth-order valence-electron chi connectivity index (χ4n) is 2.00. The molecule has 2 aromatic rings. The molecule has 0 unspecified atom stereocenters. The average Bonchev–Trinajstić information content (AvgIpc) is 2.56. The number of aromatic hydroxyl groups is 1. The van der Waals surface area contributed by atoms with E-state index in [9.17, 15) is 14.3 Å². The normalized spacial score (nSPS) is 10.8. The highest BCUT2D eigenvalue weighted by Gasteiger charge is 2.21. The summed E-state index contributed by atoms with van der Waals surface area (Å²) < 4.78 is 24.0. The second-order valence-corrected chi connectivity index (χ2v) is 5.33. The number of allylic oxidation sites excluding steroid dienone is 1. The Morgan fingerprint density at radius 1 is 1.22 bits per heavy atom. The molecule has 0 aromatic heterocycles. The number of hydrogen-bond donors (Lipinski definition) is 1. The van der Waals surface area contributed by atoms with Crippen LogP contribution >= 0.6 is 15.9 Å². The van der Waals surface area contributed by atoms with Gasteiger partial charge in [-0.25, -0.2) is 4.39 Å². The predicted molar refractivity (Wildman–Crippen MR) is 88.7 cm³/mol. The zero-order valence-electron chi connectivity index (χ0n) is 12.5. The van der Waals surface area contributed by atoms with Crippen molar-refractivity contribution in [1.82, 2.24) is 0 Å². The van der Waals surface area contributed by atoms with Crippen LogP contribution < -0.4 is 9.47 Å². The summed E-state index contributed by atoms with van der Waals surface area (Å²) in [5.74, 6) is -0.779. The number of phenolic OH excluding ortho intramolecular Hbond substituents is 1. The van der Waals surface area contributed by atoms with Crippen LogP contribution in [0.4, 0.5) is 4.39 Å². The summed E-state index contributed by atoms with van der Waals surface area (Å²) in [5.41, 5.74) is 0.236. The van der Waals surface area contributed by atoms with E-state index < -0.39 is 11.6 Å². The van der Waals surface area contributed by atoms with Crippen LogP contribution in [-0.2, 0) is 0 Å². The Kier molecular flexibility index (Phi) is 5.39. The third-order valence-corrected chi connectivity index (χ3v) is 3.94. The minimum Gasteiger partial charge on any atom is -0.506 e. The fourth-order valence-corrected chi connectivity index (χ4v) is 2.48. The lowest BCUT2D eigenvalue weighted by Gasteiger charge is -2.13. The van der Waals surface area contributed by atoms with Crippen LogP contribution in [0.2, 0.25) is 0 Å². The van der Waals surface area contributed by atoms with Crippen LogP contribution in [0, 0.1) is 5.82 Å². The van der Waals surface area contributed by atoms with Crippen LogP contribution in [0.5, 0.6) is 17.2 Å². The lowest BCUT2D eigenvalue weighted by Crippen LogP contribution is -2.01. The van der Waals surface area contributed by atoms with Crippen molar-refractivity contribution in [2.45, 2.75) is 0 Å². The van der Waals surface area contributed by atoms with Crippen molar-refractivity contribution < 1.29 is 23.8 Å². The first-order valence-corrected chi connectivity index (χ1v) is 7.39. The molecule has 0 atom stereocenters. The summed E-state index contributed by atoms with van der Waals surface area (Å²) in [4.78, 5) is 12.4. The van der Waals surface area contributed by atoms with Crippen LogP contribution in [0.1, 0.15) is 15.9 Å². The Hall–Kier alpha value is -2.34. The summed E-state index contributed by atoms with van der Waals surface area (Å²) in [6.45, 7) is 0. The van der Waals surface area contributed by atoms with E-state index in [4.69, 9.17) is 9.47 Å². The predicted octanol–water partition coefficient (Wildman–Crippen LogP) is 4.21. The number of benzene rings is 2. The maximum absolute atomic E-state index is 13.6. The van der Waals surface area contributed by atoms with E-state index >= 15 is 0 Å². The molecule has 0 heterocycles. The topological polar surface area (TPSA) is 55.8 Å². The SMILES string of the molecule is COc1cc(OC)c(C(=O)/C=C/c2ccccc2F)c(O)c1Br. The Balaban J connectivity index is 2.43. The highest BCUT2D eigenvalue weighted by atomic mass is 79.9. The van der Waals surface area contributed by atoms with Crippen molar-refractivity contribution >= 4 is 27.8 Å². The summed E-state index contributed by atoms with van der Waals surface area (Å²) in [6, 6.07) is 7.54. The van der Waals surface area contributed by atoms with Gasteiger partial charge >= 0.3 is 0 Å². The minimum absolute atomic E-state index is 0.0345. The second-order valence-electron chi connectivity index (χ2n) is 4.54. The van der Waals surface area contributed by atoms with Gasteiger partial charge < -0.3 is 14.6 Å². The summed E-state index contributed by atoms with van der Waals surface area (Å²) in [6.07, 6.45) is 2.52. The van der Waals surface area contributed by atoms with Gasteiger partial charge in [-0.05, 0) is 34.1 Å². The molecule has 0 aliphatic rings. The van der Waals surface area contributed by atoms with E-state index in [-0.39, 0.29) is 27.1 Å². The molecule has 2 rings (SSSR count). The third kappa shape index (κ3) is 3.53. The molecule has 0 bridgehead atoms. The largest absolute Gasteiger partial charge is 0.506 e. The van der Waals surface area contributed by atoms with Gasteiger partial charge in [0.25, 0.3) is 0 Å². The number of carbonyl (C=O) groups is 1. The van der Waals surface area contributed by atoms with E-state index in [0.717, 1.165) is 0 Å². The van der Waals surface area contributed by atoms with Gasteiger partial charge in [0.05, 0.1) is 14.2 Å². The molecular formula is C17H14BrFO4. The molecule has 0 radical (unpaired) electrons. The molecule has 0 fully saturated rings. The van der Waals surface area contributed by atoms with Gasteiger partial charge in [-0.3, -0.25) is 4.79 Å². The molecule has 0 spiro atoms. The molecule has 4 nitrogen and oxygen atoms in total. The maximum Gasteiger partial charge on any atom is 0.193 e. The van der Waals surface area contributed by atoms with Crippen LogP contribution in [0.25, 0.3) is 6.08 Å². The average molecular weight is 381 g/mol. The lowest BCUT2D eigenvalue weighted by molar-refractivity contribution is 0.104. The van der Waals surface area contributed by atoms with Crippen molar-refractivity contribution in [2.75, 3.05) is 14.2 Å². The van der Waals surface area contributed by atoms with E-state index in [2.05, 4.69) is 15.9 Å². The quantitative estimate of drug-likeness (QED) is 0.623. The number of phenols is 1. The van der Waals surface area contributed by atoms with Crippen LogP contribution in [0.3, 0.4) is 0 Å². The zero-order chi connectivity index (χ0) is 17.0. The monoisotopic (exact) mass is 380 g/mol. The molecule has 0 amide bonds. The number of halogens is 2. The molecule has 1 N–H and O–H groups in total. The molecular weight excluding hydrogens is 367 g/mol. The Labute approximate surface area is 141 Å². The van der Waals surface area contributed by atoms with Crippen LogP contribution in [0.15, 0.2) is 40.9 Å². The van der Waals surface area contributed by atoms with Gasteiger partial charge in [-0.2, -0.15) is 0 Å². The molecule has 6 heteroatoms. The van der Waals surface area contributed by atoms with Gasteiger partial charge in [0.15, 0.2) is 5.78 Å². The van der Waals surface area contributed by atoms with Crippen molar-refractivity contribution in [3.05, 3.63) is 57.8 Å². The van der Waals surface area contributed by atoms with E-state index in [1.807, 2.05) is 0 Å². The van der Waals surface area contributed by atoms with Crippen molar-refractivity contribution in [3.8, 4) is 17.2 Å². The Bertz CT molecular complexity index is 771. The van der Waals surface area contributed by atoms with Crippen LogP contribution in [-0.4, -0.2) is 25.1 Å². The van der Waals surface area contributed by atoms with Gasteiger partial charge in [-0.15, -0.1) is 0 Å². The maximum atomic E-state index is 13.6. The second kappa shape index (κ2) is 7.28. The highest BCUT2D eigenvalue weighted by Crippen LogP contribution is 2.42. The minimum atomic E-state index is -0.522. The molecule has 0 saturated carbocycles. The smallest absolute Gasteiger partial charge is 0.193 e. The molecule has 0 aliphatic carbocycles. The first kappa shape index (κ1) is 17.0. The summed E-state index contributed by atoms with van der Waals surface area (Å²) in [7, 11) is 2.80. The Morgan fingerprint density at radius 3 is 2.48 bits per heavy atom. The van der Waals surface area contributed by atoms with Gasteiger partial charge in [0, 0.05) is 11.6 Å². The number of rotatable bonds is 5.